The van der Waals surface area contributed by atoms with Gasteiger partial charge < -0.3 is 14.8 Å². The van der Waals surface area contributed by atoms with Gasteiger partial charge in [0, 0.05) is 18.5 Å². The summed E-state index contributed by atoms with van der Waals surface area (Å²) >= 11 is 6.54. The second-order valence-corrected chi connectivity index (χ2v) is 7.56. The molecule has 26 heavy (non-hydrogen) atoms. The van der Waals surface area contributed by atoms with Crippen molar-refractivity contribution in [1.82, 2.24) is 10.2 Å². The lowest BCUT2D eigenvalue weighted by Crippen LogP contribution is -2.30. The lowest BCUT2D eigenvalue weighted by atomic mass is 10.1. The first-order valence-electron chi connectivity index (χ1n) is 8.44. The first kappa shape index (κ1) is 20.5. The first-order chi connectivity index (χ1) is 12.5. The van der Waals surface area contributed by atoms with Crippen molar-refractivity contribution in [2.75, 3.05) is 26.5 Å². The van der Waals surface area contributed by atoms with E-state index in [9.17, 15) is 9.59 Å². The topological polar surface area (TPSA) is 67.9 Å². The molecule has 1 fully saturated rings. The van der Waals surface area contributed by atoms with Gasteiger partial charge >= 0.3 is 0 Å². The number of hydrogen-bond donors (Lipinski definition) is 1. The average molecular weight is 397 g/mol. The Labute approximate surface area is 163 Å². The lowest BCUT2D eigenvalue weighted by molar-refractivity contribution is -0.124. The molecule has 1 atom stereocenters. The number of rotatable bonds is 9. The molecule has 2 amide bonds. The fraction of sp³-hybridized carbons (Fsp3) is 0.500. The van der Waals surface area contributed by atoms with E-state index in [4.69, 9.17) is 21.7 Å². The summed E-state index contributed by atoms with van der Waals surface area (Å²) in [6, 6.07) is 5.31. The molecule has 0 bridgehead atoms. The maximum Gasteiger partial charge on any atom is 0.238 e. The molecule has 1 aliphatic rings. The van der Waals surface area contributed by atoms with Crippen LogP contribution in [0, 0.1) is 0 Å². The Morgan fingerprint density at radius 3 is 2.73 bits per heavy atom. The SMILES string of the molecule is COc1ccc(OC)c([C@@H](C)NC(=O)CCCCN2C(=O)CSC2=S)c1. The Kier molecular flexibility index (Phi) is 7.71. The Morgan fingerprint density at radius 1 is 1.35 bits per heavy atom. The minimum absolute atomic E-state index is 0.0351. The van der Waals surface area contributed by atoms with Gasteiger partial charge in [-0.15, -0.1) is 0 Å². The molecular weight excluding hydrogens is 372 g/mol. The Balaban J connectivity index is 1.80. The number of nitrogens with one attached hydrogen (secondary N) is 1. The fourth-order valence-corrected chi connectivity index (χ4v) is 3.84. The zero-order valence-electron chi connectivity index (χ0n) is 15.2. The van der Waals surface area contributed by atoms with Crippen LogP contribution in [0.4, 0.5) is 0 Å². The smallest absolute Gasteiger partial charge is 0.238 e. The third kappa shape index (κ3) is 5.35. The monoisotopic (exact) mass is 396 g/mol. The maximum absolute atomic E-state index is 12.2. The predicted molar refractivity (Wildman–Crippen MR) is 107 cm³/mol. The number of unbranched alkanes of at least 4 members (excludes halogenated alkanes) is 1. The molecule has 0 aliphatic carbocycles. The maximum atomic E-state index is 12.2. The number of carbonyl (C=O) groups is 2. The lowest BCUT2D eigenvalue weighted by Gasteiger charge is -2.18. The highest BCUT2D eigenvalue weighted by Gasteiger charge is 2.25. The summed E-state index contributed by atoms with van der Waals surface area (Å²) < 4.78 is 11.2. The van der Waals surface area contributed by atoms with E-state index in [1.54, 1.807) is 19.1 Å². The molecule has 0 saturated carbocycles. The third-order valence-corrected chi connectivity index (χ3v) is 5.59. The summed E-state index contributed by atoms with van der Waals surface area (Å²) in [4.78, 5) is 25.5. The van der Waals surface area contributed by atoms with Crippen LogP contribution in [0.1, 0.15) is 37.8 Å². The minimum atomic E-state index is -0.198. The number of carbonyl (C=O) groups excluding carboxylic acids is 2. The molecule has 0 spiro atoms. The van der Waals surface area contributed by atoms with E-state index < -0.39 is 0 Å². The molecule has 0 unspecified atom stereocenters. The van der Waals surface area contributed by atoms with Gasteiger partial charge in [0.1, 0.15) is 15.8 Å². The number of benzene rings is 1. The molecule has 8 heteroatoms. The van der Waals surface area contributed by atoms with Gasteiger partial charge in [-0.05, 0) is 38.0 Å². The van der Waals surface area contributed by atoms with Gasteiger partial charge in [-0.25, -0.2) is 0 Å². The molecule has 1 aliphatic heterocycles. The Bertz CT molecular complexity index is 665. The van der Waals surface area contributed by atoms with Gasteiger partial charge in [-0.1, -0.05) is 24.0 Å². The molecule has 1 heterocycles. The van der Waals surface area contributed by atoms with Crippen molar-refractivity contribution in [3.8, 4) is 11.5 Å². The highest BCUT2D eigenvalue weighted by atomic mass is 32.2. The van der Waals surface area contributed by atoms with Crippen LogP contribution >= 0.6 is 24.0 Å². The molecule has 1 aromatic carbocycles. The number of hydrogen-bond acceptors (Lipinski definition) is 6. The number of thiocarbonyl (C=S) groups is 1. The highest BCUT2D eigenvalue weighted by Crippen LogP contribution is 2.29. The summed E-state index contributed by atoms with van der Waals surface area (Å²) in [7, 11) is 3.20. The van der Waals surface area contributed by atoms with Gasteiger partial charge in [-0.2, -0.15) is 0 Å². The van der Waals surface area contributed by atoms with Gasteiger partial charge in [0.2, 0.25) is 11.8 Å². The van der Waals surface area contributed by atoms with E-state index in [1.165, 1.54) is 11.8 Å². The van der Waals surface area contributed by atoms with Gasteiger partial charge in [-0.3, -0.25) is 14.5 Å². The van der Waals surface area contributed by atoms with Gasteiger partial charge in [0.25, 0.3) is 0 Å². The van der Waals surface area contributed by atoms with Crippen LogP contribution in [-0.2, 0) is 9.59 Å². The summed E-state index contributed by atoms with van der Waals surface area (Å²) in [5.74, 6) is 1.87. The van der Waals surface area contributed by atoms with Crippen LogP contribution in [0.3, 0.4) is 0 Å². The Hall–Kier alpha value is -1.80. The molecule has 2 rings (SSSR count). The van der Waals surface area contributed by atoms with E-state index >= 15 is 0 Å². The number of ether oxygens (including phenoxy) is 2. The van der Waals surface area contributed by atoms with E-state index in [2.05, 4.69) is 5.32 Å². The molecule has 1 N–H and O–H groups in total. The summed E-state index contributed by atoms with van der Waals surface area (Å²) in [6.45, 7) is 2.49. The summed E-state index contributed by atoms with van der Waals surface area (Å²) in [5.41, 5.74) is 0.866. The molecule has 142 valence electrons. The zero-order valence-corrected chi connectivity index (χ0v) is 16.9. The number of methoxy groups -OCH3 is 2. The van der Waals surface area contributed by atoms with Crippen molar-refractivity contribution in [3.05, 3.63) is 23.8 Å². The number of nitrogens with zero attached hydrogens (tertiary/aromatic N) is 1. The van der Waals surface area contributed by atoms with Crippen LogP contribution in [-0.4, -0.2) is 47.6 Å². The van der Waals surface area contributed by atoms with E-state index in [0.29, 0.717) is 41.0 Å². The predicted octanol–water partition coefficient (Wildman–Crippen LogP) is 2.91. The molecular formula is C18H24N2O4S2. The van der Waals surface area contributed by atoms with Crippen molar-refractivity contribution in [2.45, 2.75) is 32.2 Å². The first-order valence-corrected chi connectivity index (χ1v) is 9.84. The van der Waals surface area contributed by atoms with Crippen LogP contribution in [0.25, 0.3) is 0 Å². The van der Waals surface area contributed by atoms with Crippen molar-refractivity contribution >= 4 is 40.1 Å². The number of amides is 2. The molecule has 0 radical (unpaired) electrons. The van der Waals surface area contributed by atoms with Crippen LogP contribution in [0.5, 0.6) is 11.5 Å². The standard InChI is InChI=1S/C18H24N2O4S2/c1-12(14-10-13(23-2)7-8-15(14)24-3)19-16(21)6-4-5-9-20-17(22)11-26-18(20)25/h7-8,10,12H,4-6,9,11H2,1-3H3,(H,19,21)/t12-/m1/s1. The van der Waals surface area contributed by atoms with Crippen molar-refractivity contribution in [1.29, 1.82) is 0 Å². The van der Waals surface area contributed by atoms with E-state index in [-0.39, 0.29) is 17.9 Å². The minimum Gasteiger partial charge on any atom is -0.497 e. The van der Waals surface area contributed by atoms with E-state index in [1.807, 2.05) is 25.1 Å². The van der Waals surface area contributed by atoms with Gasteiger partial charge in [0.15, 0.2) is 0 Å². The second kappa shape index (κ2) is 9.78. The average Bonchev–Trinajstić information content (AvgIpc) is 2.96. The van der Waals surface area contributed by atoms with Crippen LogP contribution < -0.4 is 14.8 Å². The number of thioether (sulfide) groups is 1. The highest BCUT2D eigenvalue weighted by molar-refractivity contribution is 8.23. The third-order valence-electron chi connectivity index (χ3n) is 4.16. The zero-order chi connectivity index (χ0) is 19.1. The molecule has 1 saturated heterocycles. The summed E-state index contributed by atoms with van der Waals surface area (Å²) in [5, 5.41) is 2.98. The second-order valence-electron chi connectivity index (χ2n) is 5.95. The molecule has 0 aromatic heterocycles. The summed E-state index contributed by atoms with van der Waals surface area (Å²) in [6.07, 6.45) is 1.85. The fourth-order valence-electron chi connectivity index (χ4n) is 2.72. The van der Waals surface area contributed by atoms with Crippen molar-refractivity contribution < 1.29 is 19.1 Å². The Morgan fingerprint density at radius 2 is 2.12 bits per heavy atom. The largest absolute Gasteiger partial charge is 0.497 e. The van der Waals surface area contributed by atoms with E-state index in [0.717, 1.165) is 12.0 Å². The quantitative estimate of drug-likeness (QED) is 0.511. The molecule has 1 aromatic rings. The van der Waals surface area contributed by atoms with Crippen molar-refractivity contribution in [3.63, 3.8) is 0 Å². The van der Waals surface area contributed by atoms with Crippen LogP contribution in [0.15, 0.2) is 18.2 Å². The normalized spacial score (nSPS) is 15.1. The molecule has 6 nitrogen and oxygen atoms in total. The van der Waals surface area contributed by atoms with Crippen molar-refractivity contribution in [2.24, 2.45) is 0 Å². The van der Waals surface area contributed by atoms with Gasteiger partial charge in [0.05, 0.1) is 26.0 Å². The van der Waals surface area contributed by atoms with Crippen LogP contribution in [0.2, 0.25) is 0 Å².